The Morgan fingerprint density at radius 2 is 1.61 bits per heavy atom. The van der Waals surface area contributed by atoms with E-state index in [-0.39, 0.29) is 24.1 Å². The van der Waals surface area contributed by atoms with Gasteiger partial charge in [0.05, 0.1) is 27.9 Å². The second-order valence-corrected chi connectivity index (χ2v) is 10.7. The average Bonchev–Trinajstić information content (AvgIpc) is 3.35. The number of pyridine rings is 1. The predicted octanol–water partition coefficient (Wildman–Crippen LogP) is 3.80. The summed E-state index contributed by atoms with van der Waals surface area (Å²) < 4.78 is 20.4. The maximum Gasteiger partial charge on any atom is 0.338 e. The first-order chi connectivity index (χ1) is 19.7. The summed E-state index contributed by atoms with van der Waals surface area (Å²) in [5.74, 6) is -1.13. The van der Waals surface area contributed by atoms with E-state index >= 15 is 0 Å². The zero-order valence-electron chi connectivity index (χ0n) is 23.0. The van der Waals surface area contributed by atoms with Crippen LogP contribution in [0.5, 0.6) is 0 Å². The number of thioether (sulfide) groups is 1. The fourth-order valence-corrected chi connectivity index (χ4v) is 5.29. The molecule has 0 radical (unpaired) electrons. The fraction of sp³-hybridized carbons (Fsp3) is 0.300. The van der Waals surface area contributed by atoms with Crippen molar-refractivity contribution in [1.29, 1.82) is 0 Å². The van der Waals surface area contributed by atoms with Gasteiger partial charge in [-0.3, -0.25) is 14.2 Å². The van der Waals surface area contributed by atoms with Crippen molar-refractivity contribution in [2.45, 2.75) is 43.7 Å². The van der Waals surface area contributed by atoms with Gasteiger partial charge in [0.15, 0.2) is 5.52 Å². The Labute approximate surface area is 239 Å². The van der Waals surface area contributed by atoms with Crippen molar-refractivity contribution >= 4 is 34.7 Å². The lowest BCUT2D eigenvalue weighted by Gasteiger charge is -2.19. The lowest BCUT2D eigenvalue weighted by molar-refractivity contribution is -0.0569. The number of carbonyl (C=O) groups excluding carboxylic acids is 2. The lowest BCUT2D eigenvalue weighted by atomic mass is 10.1. The highest BCUT2D eigenvalue weighted by atomic mass is 32.2. The van der Waals surface area contributed by atoms with Crippen LogP contribution in [0.3, 0.4) is 0 Å². The third kappa shape index (κ3) is 5.82. The molecule has 2 aromatic heterocycles. The van der Waals surface area contributed by atoms with E-state index in [1.807, 2.05) is 20.1 Å². The molecule has 5 rings (SSSR count). The average molecular weight is 576 g/mol. The number of fused-ring (bicyclic) bond motifs is 1. The molecule has 0 bridgehead atoms. The minimum Gasteiger partial charge on any atom is -0.459 e. The smallest absolute Gasteiger partial charge is 0.338 e. The Morgan fingerprint density at radius 3 is 2.22 bits per heavy atom. The highest BCUT2D eigenvalue weighted by Gasteiger charge is 2.41. The molecule has 11 heteroatoms. The van der Waals surface area contributed by atoms with Crippen LogP contribution >= 0.6 is 11.8 Å². The van der Waals surface area contributed by atoms with Gasteiger partial charge in [0, 0.05) is 13.5 Å². The molecule has 212 valence electrons. The van der Waals surface area contributed by atoms with Crippen molar-refractivity contribution in [2.24, 2.45) is 7.05 Å². The fourth-order valence-electron chi connectivity index (χ4n) is 4.71. The summed E-state index contributed by atoms with van der Waals surface area (Å²) in [6, 6.07) is 15.6. The van der Waals surface area contributed by atoms with Gasteiger partial charge >= 0.3 is 11.9 Å². The van der Waals surface area contributed by atoms with Crippen molar-refractivity contribution < 1.29 is 23.8 Å². The van der Waals surface area contributed by atoms with E-state index in [2.05, 4.69) is 4.98 Å². The normalized spacial score (nSPS) is 18.4. The molecule has 4 aromatic rings. The molecule has 1 aliphatic rings. The molecule has 0 saturated carbocycles. The number of carbonyl (C=O) groups is 2. The third-order valence-corrected chi connectivity index (χ3v) is 7.84. The molecular formula is C30H29N3O7S. The largest absolute Gasteiger partial charge is 0.459 e. The highest BCUT2D eigenvalue weighted by Crippen LogP contribution is 2.33. The van der Waals surface area contributed by atoms with E-state index in [1.165, 1.54) is 20.9 Å². The molecule has 0 aliphatic carbocycles. The van der Waals surface area contributed by atoms with Crippen molar-refractivity contribution in [3.8, 4) is 0 Å². The van der Waals surface area contributed by atoms with E-state index in [4.69, 9.17) is 14.2 Å². The van der Waals surface area contributed by atoms with Crippen LogP contribution in [0.25, 0.3) is 11.0 Å². The van der Waals surface area contributed by atoms with Gasteiger partial charge in [-0.05, 0) is 50.4 Å². The van der Waals surface area contributed by atoms with Crippen LogP contribution in [0.2, 0.25) is 0 Å². The van der Waals surface area contributed by atoms with Crippen molar-refractivity contribution in [2.75, 3.05) is 12.9 Å². The molecule has 3 heterocycles. The van der Waals surface area contributed by atoms with Crippen LogP contribution in [0.15, 0.2) is 75.4 Å². The van der Waals surface area contributed by atoms with Crippen LogP contribution in [-0.2, 0) is 21.3 Å². The van der Waals surface area contributed by atoms with Gasteiger partial charge in [-0.15, -0.1) is 11.8 Å². The molecule has 0 amide bonds. The molecule has 0 unspecified atom stereocenters. The van der Waals surface area contributed by atoms with Crippen molar-refractivity contribution in [1.82, 2.24) is 14.1 Å². The molecular weight excluding hydrogens is 546 g/mol. The summed E-state index contributed by atoms with van der Waals surface area (Å²) in [4.78, 5) is 55.9. The maximum absolute atomic E-state index is 13.1. The van der Waals surface area contributed by atoms with E-state index < -0.39 is 35.9 Å². The molecule has 1 aliphatic heterocycles. The molecule has 0 spiro atoms. The Balaban J connectivity index is 1.46. The zero-order valence-corrected chi connectivity index (χ0v) is 23.8. The Morgan fingerprint density at radius 1 is 1.00 bits per heavy atom. The third-order valence-electron chi connectivity index (χ3n) is 7.03. The summed E-state index contributed by atoms with van der Waals surface area (Å²) in [6.45, 7) is 3.61. The molecule has 41 heavy (non-hydrogen) atoms. The SMILES string of the molecule is CSc1cc2c(ncc(=O)n2[C@@H]2C[C@@H](OC(=O)c3ccc(C)cc3)[C@@H](COC(=O)c3ccc(C)cc3)O2)c(=O)n1C. The Hall–Kier alpha value is -4.22. The number of nitrogens with zero attached hydrogens (tertiary/aromatic N) is 3. The Bertz CT molecular complexity index is 1730. The first kappa shape index (κ1) is 28.3. The number of benzene rings is 2. The second-order valence-electron chi connectivity index (χ2n) is 9.89. The zero-order chi connectivity index (χ0) is 29.3. The number of esters is 2. The van der Waals surface area contributed by atoms with Crippen LogP contribution in [0.4, 0.5) is 0 Å². The molecule has 3 atom stereocenters. The molecule has 10 nitrogen and oxygen atoms in total. The minimum atomic E-state index is -0.909. The Kier molecular flexibility index (Phi) is 8.09. The monoisotopic (exact) mass is 575 g/mol. The highest BCUT2D eigenvalue weighted by molar-refractivity contribution is 7.98. The molecule has 1 saturated heterocycles. The number of ether oxygens (including phenoxy) is 3. The van der Waals surface area contributed by atoms with Crippen LogP contribution < -0.4 is 11.1 Å². The van der Waals surface area contributed by atoms with Gasteiger partial charge in [0.25, 0.3) is 11.1 Å². The molecule has 0 N–H and O–H groups in total. The van der Waals surface area contributed by atoms with Gasteiger partial charge in [0.1, 0.15) is 25.0 Å². The van der Waals surface area contributed by atoms with Crippen molar-refractivity contribution in [3.63, 3.8) is 0 Å². The number of aryl methyl sites for hydroxylation is 2. The summed E-state index contributed by atoms with van der Waals surface area (Å²) >= 11 is 1.35. The predicted molar refractivity (Wildman–Crippen MR) is 153 cm³/mol. The van der Waals surface area contributed by atoms with Crippen LogP contribution in [-0.4, -0.2) is 51.1 Å². The number of rotatable bonds is 7. The summed E-state index contributed by atoms with van der Waals surface area (Å²) in [7, 11) is 1.63. The quantitative estimate of drug-likeness (QED) is 0.239. The summed E-state index contributed by atoms with van der Waals surface area (Å²) in [5.41, 5.74) is 2.29. The summed E-state index contributed by atoms with van der Waals surface area (Å²) in [5, 5.41) is 0.632. The van der Waals surface area contributed by atoms with Gasteiger partial charge in [-0.25, -0.2) is 14.6 Å². The van der Waals surface area contributed by atoms with Gasteiger partial charge in [-0.2, -0.15) is 0 Å². The van der Waals surface area contributed by atoms with E-state index in [1.54, 1.807) is 61.6 Å². The van der Waals surface area contributed by atoms with Gasteiger partial charge in [0.2, 0.25) is 0 Å². The topological polar surface area (TPSA) is 119 Å². The van der Waals surface area contributed by atoms with E-state index in [0.717, 1.165) is 17.3 Å². The minimum absolute atomic E-state index is 0.0905. The molecule has 2 aromatic carbocycles. The van der Waals surface area contributed by atoms with Crippen LogP contribution in [0.1, 0.15) is 44.5 Å². The first-order valence-corrected chi connectivity index (χ1v) is 14.2. The summed E-state index contributed by atoms with van der Waals surface area (Å²) in [6.07, 6.45) is 0.363. The van der Waals surface area contributed by atoms with E-state index in [0.29, 0.717) is 21.7 Å². The standard InChI is InChI=1S/C30H29N3O7S/c1-17-5-9-19(10-6-17)29(36)38-16-23-22(40-30(37)20-11-7-18(2)8-12-20)14-25(39-23)33-21-13-26(41-4)32(3)28(35)27(21)31-15-24(33)34/h5-13,15,22-23,25H,14,16H2,1-4H3/t22-,23-,25+/m1/s1. The van der Waals surface area contributed by atoms with Gasteiger partial charge < -0.3 is 18.8 Å². The number of hydrogen-bond acceptors (Lipinski definition) is 9. The lowest BCUT2D eigenvalue weighted by Crippen LogP contribution is -2.32. The maximum atomic E-state index is 13.1. The van der Waals surface area contributed by atoms with Crippen molar-refractivity contribution in [3.05, 3.63) is 104 Å². The second kappa shape index (κ2) is 11.7. The molecule has 1 fully saturated rings. The van der Waals surface area contributed by atoms with Crippen LogP contribution in [0, 0.1) is 13.8 Å². The van der Waals surface area contributed by atoms with Gasteiger partial charge in [-0.1, -0.05) is 35.4 Å². The first-order valence-electron chi connectivity index (χ1n) is 13.0. The number of hydrogen-bond donors (Lipinski definition) is 0. The number of aromatic nitrogens is 3. The van der Waals surface area contributed by atoms with E-state index in [9.17, 15) is 19.2 Å².